The van der Waals surface area contributed by atoms with Crippen molar-refractivity contribution >= 4 is 0 Å². The minimum absolute atomic E-state index is 0.487. The van der Waals surface area contributed by atoms with E-state index in [1.165, 1.54) is 58.2 Å². The summed E-state index contributed by atoms with van der Waals surface area (Å²) in [6.45, 7) is 10.9. The lowest BCUT2D eigenvalue weighted by molar-refractivity contribution is 0.0696. The molecular weight excluding hydrogens is 208 g/mol. The number of nitrogens with zero attached hydrogens (tertiary/aromatic N) is 1. The Bertz CT molecular complexity index is 223. The first-order valence-electron chi connectivity index (χ1n) is 7.67. The molecule has 0 aromatic heterocycles. The van der Waals surface area contributed by atoms with Crippen molar-refractivity contribution in [1.29, 1.82) is 0 Å². The lowest BCUT2D eigenvalue weighted by Gasteiger charge is -2.48. The predicted octanol–water partition coefficient (Wildman–Crippen LogP) is 3.03. The fourth-order valence-corrected chi connectivity index (χ4v) is 3.90. The molecule has 0 saturated carbocycles. The normalized spacial score (nSPS) is 33.2. The van der Waals surface area contributed by atoms with E-state index in [2.05, 4.69) is 31.0 Å². The second kappa shape index (κ2) is 5.71. The largest absolute Gasteiger partial charge is 0.311 e. The minimum Gasteiger partial charge on any atom is -0.311 e. The van der Waals surface area contributed by atoms with Crippen molar-refractivity contribution in [3.63, 3.8) is 0 Å². The molecule has 1 unspecified atom stereocenters. The molecule has 0 bridgehead atoms. The maximum Gasteiger partial charge on any atom is 0.0208 e. The van der Waals surface area contributed by atoms with Crippen molar-refractivity contribution in [3.05, 3.63) is 0 Å². The van der Waals surface area contributed by atoms with E-state index in [1.54, 1.807) is 0 Å². The molecule has 1 atom stereocenters. The van der Waals surface area contributed by atoms with Crippen LogP contribution >= 0.6 is 0 Å². The minimum atomic E-state index is 0.487. The average molecular weight is 238 g/mol. The van der Waals surface area contributed by atoms with Crippen molar-refractivity contribution in [2.75, 3.05) is 19.6 Å². The van der Waals surface area contributed by atoms with Crippen LogP contribution in [0.15, 0.2) is 0 Å². The van der Waals surface area contributed by atoms with Crippen molar-refractivity contribution < 1.29 is 0 Å². The number of piperidine rings is 2. The van der Waals surface area contributed by atoms with Gasteiger partial charge in [0.05, 0.1) is 0 Å². The van der Waals surface area contributed by atoms with Crippen LogP contribution in [0.3, 0.4) is 0 Å². The molecule has 1 N–H and O–H groups in total. The van der Waals surface area contributed by atoms with Crippen LogP contribution in [0.4, 0.5) is 0 Å². The molecule has 2 aliphatic heterocycles. The molecule has 0 aliphatic carbocycles. The van der Waals surface area contributed by atoms with Gasteiger partial charge in [-0.15, -0.1) is 0 Å². The summed E-state index contributed by atoms with van der Waals surface area (Å²) in [6, 6.07) is 0.729. The van der Waals surface area contributed by atoms with E-state index in [0.29, 0.717) is 5.54 Å². The van der Waals surface area contributed by atoms with Gasteiger partial charge in [-0.1, -0.05) is 13.3 Å². The zero-order valence-electron chi connectivity index (χ0n) is 12.0. The van der Waals surface area contributed by atoms with E-state index in [9.17, 15) is 0 Å². The predicted molar refractivity (Wildman–Crippen MR) is 74.3 cm³/mol. The van der Waals surface area contributed by atoms with Gasteiger partial charge in [0, 0.05) is 11.6 Å². The standard InChI is InChI=1S/C15H30N2/c1-4-15(9-5-6-10-16-15)14-7-11-17(12-8-14)13(2)3/h13-14,16H,4-12H2,1-3H3. The molecular formula is C15H30N2. The summed E-state index contributed by atoms with van der Waals surface area (Å²) in [7, 11) is 0. The number of hydrogen-bond acceptors (Lipinski definition) is 2. The first-order chi connectivity index (χ1) is 8.18. The van der Waals surface area contributed by atoms with Gasteiger partial charge < -0.3 is 10.2 Å². The molecule has 0 radical (unpaired) electrons. The third-order valence-corrected chi connectivity index (χ3v) is 5.20. The van der Waals surface area contributed by atoms with Gasteiger partial charge in [-0.3, -0.25) is 0 Å². The van der Waals surface area contributed by atoms with E-state index >= 15 is 0 Å². The van der Waals surface area contributed by atoms with E-state index in [4.69, 9.17) is 0 Å². The van der Waals surface area contributed by atoms with E-state index < -0.39 is 0 Å². The molecule has 17 heavy (non-hydrogen) atoms. The van der Waals surface area contributed by atoms with Crippen molar-refractivity contribution in [3.8, 4) is 0 Å². The Balaban J connectivity index is 1.93. The molecule has 2 aliphatic rings. The van der Waals surface area contributed by atoms with Crippen LogP contribution < -0.4 is 5.32 Å². The van der Waals surface area contributed by atoms with Gasteiger partial charge in [0.25, 0.3) is 0 Å². The Labute approximate surface area is 107 Å². The third kappa shape index (κ3) is 2.85. The molecule has 2 nitrogen and oxygen atoms in total. The van der Waals surface area contributed by atoms with Crippen LogP contribution in [0.5, 0.6) is 0 Å². The highest BCUT2D eigenvalue weighted by Gasteiger charge is 2.39. The van der Waals surface area contributed by atoms with Gasteiger partial charge in [0.1, 0.15) is 0 Å². The first kappa shape index (κ1) is 13.4. The summed E-state index contributed by atoms with van der Waals surface area (Å²) in [4.78, 5) is 2.64. The van der Waals surface area contributed by atoms with Gasteiger partial charge in [-0.25, -0.2) is 0 Å². The highest BCUT2D eigenvalue weighted by molar-refractivity contribution is 4.97. The van der Waals surface area contributed by atoms with Crippen LogP contribution in [0.25, 0.3) is 0 Å². The topological polar surface area (TPSA) is 15.3 Å². The second-order valence-corrected chi connectivity index (χ2v) is 6.30. The average Bonchev–Trinajstić information content (AvgIpc) is 2.39. The van der Waals surface area contributed by atoms with E-state index in [1.807, 2.05) is 0 Å². The number of nitrogens with one attached hydrogen (secondary N) is 1. The highest BCUT2D eigenvalue weighted by atomic mass is 15.2. The van der Waals surface area contributed by atoms with Crippen LogP contribution in [-0.2, 0) is 0 Å². The van der Waals surface area contributed by atoms with Gasteiger partial charge in [0.2, 0.25) is 0 Å². The van der Waals surface area contributed by atoms with Crippen LogP contribution in [0, 0.1) is 5.92 Å². The van der Waals surface area contributed by atoms with Crippen molar-refractivity contribution in [1.82, 2.24) is 10.2 Å². The first-order valence-corrected chi connectivity index (χ1v) is 7.67. The monoisotopic (exact) mass is 238 g/mol. The number of likely N-dealkylation sites (tertiary alicyclic amines) is 1. The Morgan fingerprint density at radius 3 is 2.41 bits per heavy atom. The molecule has 2 saturated heterocycles. The summed E-state index contributed by atoms with van der Waals surface area (Å²) in [6.07, 6.45) is 8.35. The van der Waals surface area contributed by atoms with Crippen LogP contribution in [0.2, 0.25) is 0 Å². The molecule has 2 heterocycles. The van der Waals surface area contributed by atoms with Gasteiger partial charge in [-0.2, -0.15) is 0 Å². The fourth-order valence-electron chi connectivity index (χ4n) is 3.90. The van der Waals surface area contributed by atoms with Crippen LogP contribution in [0.1, 0.15) is 59.3 Å². The third-order valence-electron chi connectivity index (χ3n) is 5.20. The van der Waals surface area contributed by atoms with Crippen molar-refractivity contribution in [2.45, 2.75) is 70.9 Å². The summed E-state index contributed by atoms with van der Waals surface area (Å²) in [5.74, 6) is 0.919. The molecule has 2 fully saturated rings. The zero-order chi connectivity index (χ0) is 12.3. The van der Waals surface area contributed by atoms with Gasteiger partial charge in [-0.05, 0) is 71.5 Å². The van der Waals surface area contributed by atoms with Crippen molar-refractivity contribution in [2.24, 2.45) is 5.92 Å². The van der Waals surface area contributed by atoms with Gasteiger partial charge >= 0.3 is 0 Å². The Kier molecular flexibility index (Phi) is 4.48. The smallest absolute Gasteiger partial charge is 0.0208 e. The molecule has 2 rings (SSSR count). The maximum atomic E-state index is 3.88. The summed E-state index contributed by atoms with van der Waals surface area (Å²) >= 11 is 0. The molecule has 0 aromatic rings. The Morgan fingerprint density at radius 1 is 1.24 bits per heavy atom. The number of hydrogen-bond donors (Lipinski definition) is 1. The zero-order valence-corrected chi connectivity index (χ0v) is 12.0. The second-order valence-electron chi connectivity index (χ2n) is 6.30. The fraction of sp³-hybridized carbons (Fsp3) is 1.00. The molecule has 2 heteroatoms. The molecule has 0 aromatic carbocycles. The molecule has 0 spiro atoms. The van der Waals surface area contributed by atoms with E-state index in [-0.39, 0.29) is 0 Å². The summed E-state index contributed by atoms with van der Waals surface area (Å²) in [5, 5.41) is 3.88. The SMILES string of the molecule is CCC1(C2CCN(C(C)C)CC2)CCCCN1. The maximum absolute atomic E-state index is 3.88. The lowest BCUT2D eigenvalue weighted by Crippen LogP contribution is -2.56. The Morgan fingerprint density at radius 2 is 1.94 bits per heavy atom. The molecule has 100 valence electrons. The quantitative estimate of drug-likeness (QED) is 0.813. The summed E-state index contributed by atoms with van der Waals surface area (Å²) < 4.78 is 0. The Hall–Kier alpha value is -0.0800. The highest BCUT2D eigenvalue weighted by Crippen LogP contribution is 2.37. The van der Waals surface area contributed by atoms with E-state index in [0.717, 1.165) is 12.0 Å². The van der Waals surface area contributed by atoms with Crippen LogP contribution in [-0.4, -0.2) is 36.1 Å². The lowest BCUT2D eigenvalue weighted by atomic mass is 9.71. The number of rotatable bonds is 3. The van der Waals surface area contributed by atoms with Gasteiger partial charge in [0.15, 0.2) is 0 Å². The summed E-state index contributed by atoms with van der Waals surface area (Å²) in [5.41, 5.74) is 0.487. The molecule has 0 amide bonds.